The first kappa shape index (κ1) is 19.6. The van der Waals surface area contributed by atoms with Crippen molar-refractivity contribution in [3.63, 3.8) is 0 Å². The van der Waals surface area contributed by atoms with E-state index < -0.39 is 17.6 Å². The van der Waals surface area contributed by atoms with Gasteiger partial charge in [0.15, 0.2) is 0 Å². The number of amides is 1. The lowest BCUT2D eigenvalue weighted by atomic mass is 10.1. The number of hydrogen-bond donors (Lipinski definition) is 2. The van der Waals surface area contributed by atoms with Gasteiger partial charge in [0.05, 0.1) is 11.3 Å². The number of nitrogens with one attached hydrogen (secondary N) is 2. The molecule has 0 atom stereocenters. The molecule has 0 aliphatic heterocycles. The summed E-state index contributed by atoms with van der Waals surface area (Å²) in [6, 6.07) is 6.47. The van der Waals surface area contributed by atoms with Crippen molar-refractivity contribution in [3.05, 3.63) is 47.3 Å². The summed E-state index contributed by atoms with van der Waals surface area (Å²) in [6.45, 7) is 2.53. The Hall–Kier alpha value is -2.68. The zero-order chi connectivity index (χ0) is 19.2. The molecule has 1 aromatic heterocycles. The van der Waals surface area contributed by atoms with Gasteiger partial charge >= 0.3 is 6.18 Å². The Bertz CT molecular complexity index is 766. The number of rotatable bonds is 7. The molecular weight excluding hydrogens is 349 g/mol. The number of carbonyl (C=O) groups excluding carboxylic acids is 1. The molecule has 1 amide bonds. The number of benzene rings is 1. The van der Waals surface area contributed by atoms with Gasteiger partial charge in [-0.15, -0.1) is 0 Å². The molecule has 0 fully saturated rings. The maximum absolute atomic E-state index is 13.1. The van der Waals surface area contributed by atoms with Crippen molar-refractivity contribution in [2.45, 2.75) is 19.5 Å². The number of hydrogen-bond acceptors (Lipinski definition) is 5. The molecule has 0 bridgehead atoms. The van der Waals surface area contributed by atoms with Gasteiger partial charge in [-0.05, 0) is 31.5 Å². The molecule has 0 aliphatic carbocycles. The number of aryl methyl sites for hydroxylation is 1. The first-order valence-corrected chi connectivity index (χ1v) is 7.87. The predicted molar refractivity (Wildman–Crippen MR) is 90.3 cm³/mol. The van der Waals surface area contributed by atoms with Crippen molar-refractivity contribution in [2.75, 3.05) is 25.6 Å². The SMILES string of the molecule is COCCCNC(=O)c1cc(C)nc(Nc2ccccc2C(F)(F)F)n1. The Morgan fingerprint density at radius 2 is 1.96 bits per heavy atom. The van der Waals surface area contributed by atoms with Gasteiger partial charge in [-0.1, -0.05) is 12.1 Å². The monoisotopic (exact) mass is 368 g/mol. The summed E-state index contributed by atoms with van der Waals surface area (Å²) in [5.74, 6) is -0.512. The highest BCUT2D eigenvalue weighted by Gasteiger charge is 2.33. The molecule has 2 N–H and O–H groups in total. The maximum atomic E-state index is 13.1. The highest BCUT2D eigenvalue weighted by atomic mass is 19.4. The van der Waals surface area contributed by atoms with Crippen LogP contribution in [0.15, 0.2) is 30.3 Å². The molecule has 140 valence electrons. The van der Waals surface area contributed by atoms with E-state index in [-0.39, 0.29) is 17.3 Å². The van der Waals surface area contributed by atoms with E-state index in [1.165, 1.54) is 24.3 Å². The van der Waals surface area contributed by atoms with Crippen LogP contribution in [0.2, 0.25) is 0 Å². The third-order valence-corrected chi connectivity index (χ3v) is 3.38. The highest BCUT2D eigenvalue weighted by Crippen LogP contribution is 2.35. The molecule has 0 radical (unpaired) electrons. The van der Waals surface area contributed by atoms with Crippen LogP contribution in [-0.2, 0) is 10.9 Å². The Morgan fingerprint density at radius 1 is 1.23 bits per heavy atom. The van der Waals surface area contributed by atoms with Crippen LogP contribution in [0.4, 0.5) is 24.8 Å². The van der Waals surface area contributed by atoms with Gasteiger partial charge in [-0.2, -0.15) is 13.2 Å². The average Bonchev–Trinajstić information content (AvgIpc) is 2.57. The molecule has 1 heterocycles. The van der Waals surface area contributed by atoms with E-state index in [9.17, 15) is 18.0 Å². The summed E-state index contributed by atoms with van der Waals surface area (Å²) in [5, 5.41) is 5.22. The third kappa shape index (κ3) is 5.41. The molecule has 0 spiro atoms. The van der Waals surface area contributed by atoms with Gasteiger partial charge in [-0.25, -0.2) is 9.97 Å². The fraction of sp³-hybridized carbons (Fsp3) is 0.353. The second-order valence-electron chi connectivity index (χ2n) is 5.49. The quantitative estimate of drug-likeness (QED) is 0.734. The van der Waals surface area contributed by atoms with Crippen LogP contribution in [0.25, 0.3) is 0 Å². The van der Waals surface area contributed by atoms with E-state index in [4.69, 9.17) is 4.74 Å². The summed E-state index contributed by atoms with van der Waals surface area (Å²) in [6.07, 6.45) is -3.88. The fourth-order valence-electron chi connectivity index (χ4n) is 2.21. The zero-order valence-electron chi connectivity index (χ0n) is 14.4. The van der Waals surface area contributed by atoms with Crippen molar-refractivity contribution in [1.29, 1.82) is 0 Å². The average molecular weight is 368 g/mol. The standard InChI is InChI=1S/C17H19F3N4O2/c1-11-10-14(15(25)21-8-5-9-26-2)24-16(22-11)23-13-7-4-3-6-12(13)17(18,19)20/h3-4,6-7,10H,5,8-9H2,1-2H3,(H,21,25)(H,22,23,24). The highest BCUT2D eigenvalue weighted by molar-refractivity contribution is 5.92. The van der Waals surface area contributed by atoms with Crippen molar-refractivity contribution < 1.29 is 22.7 Å². The van der Waals surface area contributed by atoms with Crippen LogP contribution in [0.5, 0.6) is 0 Å². The second-order valence-corrected chi connectivity index (χ2v) is 5.49. The first-order chi connectivity index (χ1) is 12.3. The van der Waals surface area contributed by atoms with Gasteiger partial charge in [-0.3, -0.25) is 4.79 Å². The molecule has 0 saturated heterocycles. The van der Waals surface area contributed by atoms with E-state index >= 15 is 0 Å². The van der Waals surface area contributed by atoms with E-state index in [0.717, 1.165) is 6.07 Å². The number of alkyl halides is 3. The number of nitrogens with zero attached hydrogens (tertiary/aromatic N) is 2. The minimum absolute atomic E-state index is 0.0712. The summed E-state index contributed by atoms with van der Waals surface area (Å²) in [7, 11) is 1.56. The fourth-order valence-corrected chi connectivity index (χ4v) is 2.21. The van der Waals surface area contributed by atoms with E-state index in [1.807, 2.05) is 0 Å². The van der Waals surface area contributed by atoms with Crippen LogP contribution in [-0.4, -0.2) is 36.1 Å². The molecular formula is C17H19F3N4O2. The van der Waals surface area contributed by atoms with E-state index in [1.54, 1.807) is 14.0 Å². The molecule has 26 heavy (non-hydrogen) atoms. The van der Waals surface area contributed by atoms with Crippen molar-refractivity contribution >= 4 is 17.5 Å². The largest absolute Gasteiger partial charge is 0.418 e. The van der Waals surface area contributed by atoms with Gasteiger partial charge in [0.2, 0.25) is 5.95 Å². The number of halogens is 3. The third-order valence-electron chi connectivity index (χ3n) is 3.38. The van der Waals surface area contributed by atoms with Gasteiger partial charge in [0.25, 0.3) is 5.91 Å². The predicted octanol–water partition coefficient (Wildman–Crippen LogP) is 3.31. The zero-order valence-corrected chi connectivity index (χ0v) is 14.4. The lowest BCUT2D eigenvalue weighted by molar-refractivity contribution is -0.136. The van der Waals surface area contributed by atoms with Gasteiger partial charge in [0, 0.05) is 26.0 Å². The molecule has 2 aromatic rings. The summed E-state index contributed by atoms with van der Waals surface area (Å²) >= 11 is 0. The molecule has 2 rings (SSSR count). The van der Waals surface area contributed by atoms with E-state index in [2.05, 4.69) is 20.6 Å². The van der Waals surface area contributed by atoms with Crippen LogP contribution in [0.1, 0.15) is 28.2 Å². The molecule has 6 nitrogen and oxygen atoms in total. The van der Waals surface area contributed by atoms with Crippen molar-refractivity contribution in [2.24, 2.45) is 0 Å². The first-order valence-electron chi connectivity index (χ1n) is 7.87. The number of carbonyl (C=O) groups is 1. The lowest BCUT2D eigenvalue weighted by Gasteiger charge is -2.14. The Balaban J connectivity index is 2.19. The number of methoxy groups -OCH3 is 1. The topological polar surface area (TPSA) is 76.1 Å². The summed E-state index contributed by atoms with van der Waals surface area (Å²) in [5.41, 5.74) is -0.497. The number of aromatic nitrogens is 2. The molecule has 0 saturated carbocycles. The summed E-state index contributed by atoms with van der Waals surface area (Å²) in [4.78, 5) is 20.2. The summed E-state index contributed by atoms with van der Waals surface area (Å²) < 4.78 is 44.1. The minimum atomic E-state index is -4.52. The van der Waals surface area contributed by atoms with Crippen LogP contribution in [0.3, 0.4) is 0 Å². The van der Waals surface area contributed by atoms with Crippen LogP contribution >= 0.6 is 0 Å². The smallest absolute Gasteiger partial charge is 0.385 e. The molecule has 9 heteroatoms. The van der Waals surface area contributed by atoms with Crippen LogP contribution < -0.4 is 10.6 Å². The normalized spacial score (nSPS) is 11.3. The maximum Gasteiger partial charge on any atom is 0.418 e. The number of para-hydroxylation sites is 1. The molecule has 1 aromatic carbocycles. The Kier molecular flexibility index (Phi) is 6.51. The van der Waals surface area contributed by atoms with Gasteiger partial charge in [0.1, 0.15) is 5.69 Å². The van der Waals surface area contributed by atoms with Crippen molar-refractivity contribution in [3.8, 4) is 0 Å². The van der Waals surface area contributed by atoms with Crippen LogP contribution in [0, 0.1) is 6.92 Å². The minimum Gasteiger partial charge on any atom is -0.385 e. The lowest BCUT2D eigenvalue weighted by Crippen LogP contribution is -2.26. The van der Waals surface area contributed by atoms with Gasteiger partial charge < -0.3 is 15.4 Å². The Morgan fingerprint density at radius 3 is 2.65 bits per heavy atom. The second kappa shape index (κ2) is 8.61. The number of anilines is 2. The number of ether oxygens (including phenoxy) is 1. The molecule has 0 unspecified atom stereocenters. The van der Waals surface area contributed by atoms with E-state index in [0.29, 0.717) is 25.3 Å². The molecule has 0 aliphatic rings. The van der Waals surface area contributed by atoms with Crippen molar-refractivity contribution in [1.82, 2.24) is 15.3 Å². The Labute approximate surface area is 148 Å².